The van der Waals surface area contributed by atoms with Crippen LogP contribution < -0.4 is 10.6 Å². The molecule has 3 heterocycles. The standard InChI is InChI=1S/C24H22ClN3OS/c1-12(2)14-4-5-15(17(25)10-14)18-7-6-16-19(28-18)8-9-20-21(16)22-23(30-20)24(29)27-13(3)11-26-22/h4-10,12-13,26H,11H2,1-3H3,(H,27,29)/t13-/m1/s1. The number of rotatable bonds is 2. The number of pyridine rings is 1. The number of thiophene rings is 1. The van der Waals surface area contributed by atoms with Crippen LogP contribution in [0, 0.1) is 0 Å². The molecule has 4 aromatic rings. The minimum atomic E-state index is -0.0153. The maximum absolute atomic E-state index is 12.6. The van der Waals surface area contributed by atoms with E-state index in [-0.39, 0.29) is 11.9 Å². The first-order chi connectivity index (χ1) is 14.4. The molecule has 5 rings (SSSR count). The van der Waals surface area contributed by atoms with Crippen LogP contribution in [0.3, 0.4) is 0 Å². The van der Waals surface area contributed by atoms with Gasteiger partial charge in [0.1, 0.15) is 4.88 Å². The average Bonchev–Trinajstić information content (AvgIpc) is 3.04. The summed E-state index contributed by atoms with van der Waals surface area (Å²) in [5.41, 5.74) is 4.80. The van der Waals surface area contributed by atoms with Gasteiger partial charge in [0.15, 0.2) is 0 Å². The van der Waals surface area contributed by atoms with Crippen LogP contribution in [0.2, 0.25) is 5.02 Å². The number of halogens is 1. The van der Waals surface area contributed by atoms with Gasteiger partial charge in [0.2, 0.25) is 0 Å². The fourth-order valence-corrected chi connectivity index (χ4v) is 5.36. The molecule has 0 saturated carbocycles. The first-order valence-electron chi connectivity index (χ1n) is 10.1. The van der Waals surface area contributed by atoms with Crippen LogP contribution in [0.5, 0.6) is 0 Å². The van der Waals surface area contributed by atoms with Crippen LogP contribution in [0.1, 0.15) is 41.9 Å². The fourth-order valence-electron chi connectivity index (χ4n) is 3.97. The Morgan fingerprint density at radius 2 is 2.00 bits per heavy atom. The Kier molecular flexibility index (Phi) is 4.68. The normalized spacial score (nSPS) is 16.4. The van der Waals surface area contributed by atoms with E-state index < -0.39 is 0 Å². The molecule has 2 N–H and O–H groups in total. The molecular weight excluding hydrogens is 414 g/mol. The lowest BCUT2D eigenvalue weighted by Crippen LogP contribution is -2.34. The second-order valence-electron chi connectivity index (χ2n) is 8.16. The number of hydrogen-bond acceptors (Lipinski definition) is 4. The van der Waals surface area contributed by atoms with Crippen molar-refractivity contribution >= 4 is 55.5 Å². The number of nitrogens with zero attached hydrogens (tertiary/aromatic N) is 1. The number of amides is 1. The van der Waals surface area contributed by atoms with Crippen LogP contribution in [-0.2, 0) is 0 Å². The molecule has 2 aromatic carbocycles. The highest BCUT2D eigenvalue weighted by atomic mass is 35.5. The molecule has 6 heteroatoms. The lowest BCUT2D eigenvalue weighted by molar-refractivity contribution is 0.0949. The van der Waals surface area contributed by atoms with Gasteiger partial charge in [-0.2, -0.15) is 0 Å². The maximum atomic E-state index is 12.6. The van der Waals surface area contributed by atoms with Crippen LogP contribution in [0.4, 0.5) is 5.69 Å². The van der Waals surface area contributed by atoms with E-state index in [1.807, 2.05) is 31.2 Å². The van der Waals surface area contributed by atoms with Gasteiger partial charge >= 0.3 is 0 Å². The number of carbonyl (C=O) groups is 1. The molecule has 1 amide bonds. The first kappa shape index (κ1) is 19.3. The highest BCUT2D eigenvalue weighted by Gasteiger charge is 2.24. The maximum Gasteiger partial charge on any atom is 0.263 e. The first-order valence-corrected chi connectivity index (χ1v) is 11.3. The summed E-state index contributed by atoms with van der Waals surface area (Å²) >= 11 is 8.11. The molecule has 0 spiro atoms. The van der Waals surface area contributed by atoms with Crippen molar-refractivity contribution in [1.29, 1.82) is 0 Å². The summed E-state index contributed by atoms with van der Waals surface area (Å²) < 4.78 is 1.08. The molecule has 0 aliphatic carbocycles. The fraction of sp³-hybridized carbons (Fsp3) is 0.250. The predicted molar refractivity (Wildman–Crippen MR) is 127 cm³/mol. The summed E-state index contributed by atoms with van der Waals surface area (Å²) in [5, 5.41) is 9.33. The number of nitrogens with one attached hydrogen (secondary N) is 2. The van der Waals surface area contributed by atoms with Crippen LogP contribution >= 0.6 is 22.9 Å². The van der Waals surface area contributed by atoms with E-state index in [1.54, 1.807) is 0 Å². The molecule has 1 aliphatic heterocycles. The zero-order chi connectivity index (χ0) is 21.0. The molecule has 1 atom stereocenters. The summed E-state index contributed by atoms with van der Waals surface area (Å²) in [7, 11) is 0. The highest BCUT2D eigenvalue weighted by Crippen LogP contribution is 2.41. The predicted octanol–water partition coefficient (Wildman–Crippen LogP) is 6.44. The van der Waals surface area contributed by atoms with E-state index in [2.05, 4.69) is 42.7 Å². The zero-order valence-corrected chi connectivity index (χ0v) is 18.6. The Balaban J connectivity index is 1.66. The van der Waals surface area contributed by atoms with Crippen LogP contribution in [0.15, 0.2) is 42.5 Å². The summed E-state index contributed by atoms with van der Waals surface area (Å²) in [6, 6.07) is 14.5. The number of benzene rings is 2. The third kappa shape index (κ3) is 3.13. The molecule has 0 saturated heterocycles. The van der Waals surface area contributed by atoms with E-state index in [4.69, 9.17) is 16.6 Å². The Morgan fingerprint density at radius 3 is 2.77 bits per heavy atom. The van der Waals surface area contributed by atoms with E-state index in [9.17, 15) is 4.79 Å². The van der Waals surface area contributed by atoms with Gasteiger partial charge in [-0.05, 0) is 48.7 Å². The molecule has 1 aliphatic rings. The summed E-state index contributed by atoms with van der Waals surface area (Å²) in [4.78, 5) is 18.2. The number of anilines is 1. The molecule has 152 valence electrons. The SMILES string of the molecule is CC(C)c1ccc(-c2ccc3c(ccc4sc5c(c43)NC[C@@H](C)NC5=O)n2)c(Cl)c1. The lowest BCUT2D eigenvalue weighted by Gasteiger charge is -2.11. The van der Waals surface area contributed by atoms with E-state index in [0.29, 0.717) is 17.5 Å². The van der Waals surface area contributed by atoms with Crippen molar-refractivity contribution in [2.24, 2.45) is 0 Å². The average molecular weight is 436 g/mol. The van der Waals surface area contributed by atoms with Gasteiger partial charge < -0.3 is 10.6 Å². The summed E-state index contributed by atoms with van der Waals surface area (Å²) in [5.74, 6) is 0.411. The highest BCUT2D eigenvalue weighted by molar-refractivity contribution is 7.21. The summed E-state index contributed by atoms with van der Waals surface area (Å²) in [6.07, 6.45) is 0. The Morgan fingerprint density at radius 1 is 1.17 bits per heavy atom. The van der Waals surface area contributed by atoms with Gasteiger partial charge in [-0.1, -0.05) is 37.6 Å². The third-order valence-electron chi connectivity index (χ3n) is 5.63. The van der Waals surface area contributed by atoms with Gasteiger partial charge in [-0.15, -0.1) is 11.3 Å². The molecule has 0 radical (unpaired) electrons. The zero-order valence-electron chi connectivity index (χ0n) is 17.0. The van der Waals surface area contributed by atoms with Gasteiger partial charge in [0.05, 0.1) is 21.9 Å². The number of aromatic nitrogens is 1. The van der Waals surface area contributed by atoms with Crippen molar-refractivity contribution in [2.45, 2.75) is 32.7 Å². The molecular formula is C24H22ClN3OS. The second-order valence-corrected chi connectivity index (χ2v) is 9.62. The van der Waals surface area contributed by atoms with Crippen molar-refractivity contribution in [1.82, 2.24) is 10.3 Å². The van der Waals surface area contributed by atoms with Crippen molar-refractivity contribution < 1.29 is 4.79 Å². The van der Waals surface area contributed by atoms with Crippen LogP contribution in [0.25, 0.3) is 32.2 Å². The minimum Gasteiger partial charge on any atom is -0.381 e. The summed E-state index contributed by atoms with van der Waals surface area (Å²) in [6.45, 7) is 7.02. The quantitative estimate of drug-likeness (QED) is 0.381. The van der Waals surface area contributed by atoms with Gasteiger partial charge in [0, 0.05) is 33.6 Å². The van der Waals surface area contributed by atoms with Crippen molar-refractivity contribution in [3.8, 4) is 11.3 Å². The molecule has 0 unspecified atom stereocenters. The van der Waals surface area contributed by atoms with Crippen LogP contribution in [-0.4, -0.2) is 23.5 Å². The molecule has 30 heavy (non-hydrogen) atoms. The number of carbonyl (C=O) groups excluding carboxylic acids is 1. The van der Waals surface area contributed by atoms with Crippen molar-refractivity contribution in [3.63, 3.8) is 0 Å². The number of hydrogen-bond donors (Lipinski definition) is 2. The van der Waals surface area contributed by atoms with Crippen molar-refractivity contribution in [3.05, 3.63) is 57.9 Å². The smallest absolute Gasteiger partial charge is 0.263 e. The van der Waals surface area contributed by atoms with Gasteiger partial charge in [0.25, 0.3) is 5.91 Å². The second kappa shape index (κ2) is 7.25. The van der Waals surface area contributed by atoms with E-state index >= 15 is 0 Å². The Labute approximate surface area is 184 Å². The Bertz CT molecular complexity index is 1310. The molecule has 4 nitrogen and oxygen atoms in total. The van der Waals surface area contributed by atoms with Crippen molar-refractivity contribution in [2.75, 3.05) is 11.9 Å². The van der Waals surface area contributed by atoms with E-state index in [1.165, 1.54) is 16.9 Å². The number of fused-ring (bicyclic) bond motifs is 5. The minimum absolute atomic E-state index is 0.0153. The van der Waals surface area contributed by atoms with E-state index in [0.717, 1.165) is 42.8 Å². The third-order valence-corrected chi connectivity index (χ3v) is 7.09. The monoisotopic (exact) mass is 435 g/mol. The van der Waals surface area contributed by atoms with Gasteiger partial charge in [-0.3, -0.25) is 4.79 Å². The van der Waals surface area contributed by atoms with Gasteiger partial charge in [-0.25, -0.2) is 4.98 Å². The molecule has 0 bridgehead atoms. The molecule has 0 fully saturated rings. The Hall–Kier alpha value is -2.63. The topological polar surface area (TPSA) is 54.0 Å². The largest absolute Gasteiger partial charge is 0.381 e. The lowest BCUT2D eigenvalue weighted by atomic mass is 10.00. The molecule has 2 aromatic heterocycles.